The van der Waals surface area contributed by atoms with E-state index in [1.165, 1.54) is 5.56 Å². The molecule has 7 heteroatoms. The van der Waals surface area contributed by atoms with E-state index in [0.29, 0.717) is 5.92 Å². The van der Waals surface area contributed by atoms with E-state index in [-0.39, 0.29) is 0 Å². The summed E-state index contributed by atoms with van der Waals surface area (Å²) in [5.41, 5.74) is 2.01. The van der Waals surface area contributed by atoms with E-state index >= 15 is 0 Å². The maximum atomic E-state index is 12.5. The van der Waals surface area contributed by atoms with Crippen molar-refractivity contribution in [2.75, 3.05) is 6.61 Å². The predicted octanol–water partition coefficient (Wildman–Crippen LogP) is -0.0953. The number of aliphatic hydroxyl groups excluding tert-OH is 4. The van der Waals surface area contributed by atoms with Crippen molar-refractivity contribution in [2.45, 2.75) is 63.8 Å². The van der Waals surface area contributed by atoms with Crippen LogP contribution in [-0.4, -0.2) is 63.6 Å². The largest absolute Gasteiger partial charge is 0.394 e. The number of carbonyl (C=O) groups excluding carboxylic acids is 1. The number of benzene rings is 1. The van der Waals surface area contributed by atoms with Crippen LogP contribution in [0.25, 0.3) is 0 Å². The molecule has 1 heterocycles. The van der Waals surface area contributed by atoms with Gasteiger partial charge in [-0.25, -0.2) is 0 Å². The second-order valence-corrected chi connectivity index (χ2v) is 7.32. The number of hydrogen-bond acceptors (Lipinski definition) is 6. The summed E-state index contributed by atoms with van der Waals surface area (Å²) in [6.07, 6.45) is -4.50. The molecule has 1 fully saturated rings. The molecule has 1 aromatic rings. The van der Waals surface area contributed by atoms with Crippen molar-refractivity contribution in [1.82, 2.24) is 5.32 Å². The van der Waals surface area contributed by atoms with Crippen molar-refractivity contribution in [3.8, 4) is 0 Å². The van der Waals surface area contributed by atoms with Gasteiger partial charge in [0.25, 0.3) is 0 Å². The van der Waals surface area contributed by atoms with E-state index < -0.39 is 49.1 Å². The molecule has 5 N–H and O–H groups in total. The van der Waals surface area contributed by atoms with Crippen LogP contribution in [0.2, 0.25) is 0 Å². The number of amides is 1. The predicted molar refractivity (Wildman–Crippen MR) is 95.3 cm³/mol. The van der Waals surface area contributed by atoms with Gasteiger partial charge in [-0.3, -0.25) is 4.79 Å². The van der Waals surface area contributed by atoms with Gasteiger partial charge in [-0.05, 0) is 30.4 Å². The lowest BCUT2D eigenvalue weighted by atomic mass is 9.94. The summed E-state index contributed by atoms with van der Waals surface area (Å²) < 4.78 is 5.05. The Labute approximate surface area is 153 Å². The first kappa shape index (κ1) is 20.8. The molecule has 0 bridgehead atoms. The van der Waals surface area contributed by atoms with Crippen LogP contribution in [0.15, 0.2) is 24.3 Å². The molecule has 0 aliphatic carbocycles. The van der Waals surface area contributed by atoms with Gasteiger partial charge in [0, 0.05) is 0 Å². The fourth-order valence-corrected chi connectivity index (χ4v) is 3.11. The summed E-state index contributed by atoms with van der Waals surface area (Å²) in [5, 5.41) is 41.6. The third kappa shape index (κ3) is 4.81. The highest BCUT2D eigenvalue weighted by Gasteiger charge is 2.44. The number of nitrogens with one attached hydrogen (secondary N) is 1. The topological polar surface area (TPSA) is 119 Å². The Bertz CT molecular complexity index is 590. The smallest absolute Gasteiger partial charge is 0.227 e. The average molecular weight is 367 g/mol. The van der Waals surface area contributed by atoms with Crippen LogP contribution in [0, 0.1) is 5.92 Å². The normalized spacial score (nSPS) is 30.2. The minimum Gasteiger partial charge on any atom is -0.394 e. The number of hydrogen-bond donors (Lipinski definition) is 5. The molecule has 1 saturated heterocycles. The van der Waals surface area contributed by atoms with Crippen molar-refractivity contribution in [3.05, 3.63) is 35.4 Å². The molecule has 1 aliphatic rings. The number of aliphatic hydroxyl groups is 4. The summed E-state index contributed by atoms with van der Waals surface area (Å²) in [6.45, 7) is 5.46. The lowest BCUT2D eigenvalue weighted by Crippen LogP contribution is -2.64. The number of carbonyl (C=O) groups is 1. The second-order valence-electron chi connectivity index (χ2n) is 7.32. The molecule has 0 saturated carbocycles. The van der Waals surface area contributed by atoms with Crippen LogP contribution in [-0.2, 0) is 16.0 Å². The molecular weight excluding hydrogens is 338 g/mol. The minimum atomic E-state index is -1.52. The standard InChI is InChI=1S/C19H29NO6/c1-10(2)8-12-4-6-13(7-5-12)11(3)18(24)20-15-17(23)16(22)14(9-21)26-19(15)25/h4-7,10-11,14-17,19,21-23,25H,8-9H2,1-3H3,(H,20,24)/t11?,14-,15-,16-,17-,19-/m1/s1. The molecule has 1 unspecified atom stereocenters. The van der Waals surface area contributed by atoms with Crippen LogP contribution in [0.5, 0.6) is 0 Å². The highest BCUT2D eigenvalue weighted by Crippen LogP contribution is 2.22. The molecule has 0 spiro atoms. The Balaban J connectivity index is 2.02. The van der Waals surface area contributed by atoms with Crippen molar-refractivity contribution in [2.24, 2.45) is 5.92 Å². The fourth-order valence-electron chi connectivity index (χ4n) is 3.11. The molecule has 26 heavy (non-hydrogen) atoms. The zero-order chi connectivity index (χ0) is 19.4. The van der Waals surface area contributed by atoms with E-state index in [9.17, 15) is 20.1 Å². The van der Waals surface area contributed by atoms with Gasteiger partial charge in [0.1, 0.15) is 24.4 Å². The molecule has 2 rings (SSSR count). The van der Waals surface area contributed by atoms with E-state index in [0.717, 1.165) is 12.0 Å². The van der Waals surface area contributed by atoms with E-state index in [2.05, 4.69) is 19.2 Å². The lowest BCUT2D eigenvalue weighted by molar-refractivity contribution is -0.253. The van der Waals surface area contributed by atoms with E-state index in [4.69, 9.17) is 9.84 Å². The maximum absolute atomic E-state index is 12.5. The average Bonchev–Trinajstić information content (AvgIpc) is 2.61. The van der Waals surface area contributed by atoms with Gasteiger partial charge in [-0.15, -0.1) is 0 Å². The molecular formula is C19H29NO6. The van der Waals surface area contributed by atoms with Crippen LogP contribution < -0.4 is 5.32 Å². The Hall–Kier alpha value is -1.51. The van der Waals surface area contributed by atoms with Crippen molar-refractivity contribution >= 4 is 5.91 Å². The summed E-state index contributed by atoms with van der Waals surface area (Å²) in [6, 6.07) is 6.58. The first-order valence-corrected chi connectivity index (χ1v) is 8.94. The molecule has 1 amide bonds. The third-order valence-corrected chi connectivity index (χ3v) is 4.73. The van der Waals surface area contributed by atoms with Gasteiger partial charge >= 0.3 is 0 Å². The highest BCUT2D eigenvalue weighted by molar-refractivity contribution is 5.83. The zero-order valence-corrected chi connectivity index (χ0v) is 15.4. The van der Waals surface area contributed by atoms with Crippen LogP contribution in [0.1, 0.15) is 37.8 Å². The quantitative estimate of drug-likeness (QED) is 0.479. The Kier molecular flexibility index (Phi) is 7.14. The van der Waals surface area contributed by atoms with Gasteiger partial charge in [-0.1, -0.05) is 38.1 Å². The summed E-state index contributed by atoms with van der Waals surface area (Å²) in [4.78, 5) is 12.5. The van der Waals surface area contributed by atoms with Crippen molar-refractivity contribution in [3.63, 3.8) is 0 Å². The second kappa shape index (κ2) is 8.92. The first-order chi connectivity index (χ1) is 12.2. The van der Waals surface area contributed by atoms with Gasteiger partial charge in [0.05, 0.1) is 12.5 Å². The van der Waals surface area contributed by atoms with Gasteiger partial charge in [0.15, 0.2) is 6.29 Å². The fraction of sp³-hybridized carbons (Fsp3) is 0.632. The molecule has 7 nitrogen and oxygen atoms in total. The van der Waals surface area contributed by atoms with Crippen LogP contribution in [0.3, 0.4) is 0 Å². The van der Waals surface area contributed by atoms with Gasteiger partial charge < -0.3 is 30.5 Å². The van der Waals surface area contributed by atoms with Gasteiger partial charge in [0.2, 0.25) is 5.91 Å². The minimum absolute atomic E-state index is 0.400. The van der Waals surface area contributed by atoms with Crippen molar-refractivity contribution in [1.29, 1.82) is 0 Å². The maximum Gasteiger partial charge on any atom is 0.227 e. The molecule has 0 aromatic heterocycles. The van der Waals surface area contributed by atoms with Gasteiger partial charge in [-0.2, -0.15) is 0 Å². The van der Waals surface area contributed by atoms with E-state index in [1.54, 1.807) is 6.92 Å². The monoisotopic (exact) mass is 367 g/mol. The lowest BCUT2D eigenvalue weighted by Gasteiger charge is -2.40. The number of ether oxygens (including phenoxy) is 1. The van der Waals surface area contributed by atoms with Crippen LogP contribution >= 0.6 is 0 Å². The summed E-state index contributed by atoms with van der Waals surface area (Å²) in [5.74, 6) is -0.358. The molecule has 6 atom stereocenters. The molecule has 146 valence electrons. The zero-order valence-electron chi connectivity index (χ0n) is 15.4. The molecule has 0 radical (unpaired) electrons. The van der Waals surface area contributed by atoms with E-state index in [1.807, 2.05) is 24.3 Å². The Morgan fingerprint density at radius 2 is 1.73 bits per heavy atom. The highest BCUT2D eigenvalue weighted by atomic mass is 16.6. The number of rotatable bonds is 6. The Morgan fingerprint density at radius 3 is 2.27 bits per heavy atom. The SMILES string of the molecule is CC(C)Cc1ccc(C(C)C(=O)N[C@@H]2[C@@H](O)[C@H](O)[C@@H](CO)O[C@H]2O)cc1. The summed E-state index contributed by atoms with van der Waals surface area (Å²) in [7, 11) is 0. The van der Waals surface area contributed by atoms with Crippen molar-refractivity contribution < 1.29 is 30.0 Å². The first-order valence-electron chi connectivity index (χ1n) is 8.94. The van der Waals surface area contributed by atoms with Crippen LogP contribution in [0.4, 0.5) is 0 Å². The Morgan fingerprint density at radius 1 is 1.12 bits per heavy atom. The summed E-state index contributed by atoms with van der Waals surface area (Å²) >= 11 is 0. The molecule has 1 aliphatic heterocycles. The molecule has 1 aromatic carbocycles. The third-order valence-electron chi connectivity index (χ3n) is 4.73.